The van der Waals surface area contributed by atoms with Crippen LogP contribution in [0.15, 0.2) is 48.5 Å². The molecule has 30 heavy (non-hydrogen) atoms. The number of amides is 3. The zero-order chi connectivity index (χ0) is 22.1. The van der Waals surface area contributed by atoms with Crippen molar-refractivity contribution in [2.24, 2.45) is 0 Å². The van der Waals surface area contributed by atoms with Crippen LogP contribution in [-0.4, -0.2) is 40.2 Å². The molecule has 0 fully saturated rings. The molecule has 156 valence electrons. The smallest absolute Gasteiger partial charge is 0.338 e. The fourth-order valence-corrected chi connectivity index (χ4v) is 3.08. The maximum Gasteiger partial charge on any atom is 0.338 e. The van der Waals surface area contributed by atoms with E-state index in [0.29, 0.717) is 0 Å². The van der Waals surface area contributed by atoms with Gasteiger partial charge in [0.1, 0.15) is 0 Å². The molecule has 1 heterocycles. The lowest BCUT2D eigenvalue weighted by Crippen LogP contribution is -2.46. The Morgan fingerprint density at radius 3 is 2.27 bits per heavy atom. The summed E-state index contributed by atoms with van der Waals surface area (Å²) in [6, 6.07) is 13.4. The molecule has 1 atom stereocenters. The van der Waals surface area contributed by atoms with Gasteiger partial charge in [0.25, 0.3) is 17.7 Å². The number of rotatable bonds is 5. The molecule has 0 aromatic heterocycles. The minimum atomic E-state index is -1.00. The molecule has 2 aromatic carbocycles. The standard InChI is InChI=1S/C23H24N2O5/c1-14(19(26)24-23(2,3)4)30-22(29)16-10-11-17-18(12-16)21(28)25(20(17)27)13-15-8-6-5-7-9-15/h5-12,14H,13H2,1-4H3,(H,24,26)/t14-/m1/s1. The molecule has 1 N–H and O–H groups in total. The van der Waals surface area contributed by atoms with Crippen LogP contribution in [0.4, 0.5) is 0 Å². The van der Waals surface area contributed by atoms with E-state index in [2.05, 4.69) is 5.32 Å². The van der Waals surface area contributed by atoms with Gasteiger partial charge in [0, 0.05) is 5.54 Å². The van der Waals surface area contributed by atoms with E-state index in [1.54, 1.807) is 0 Å². The third-order valence-electron chi connectivity index (χ3n) is 4.54. The normalized spacial score (nSPS) is 14.3. The third kappa shape index (κ3) is 4.56. The van der Waals surface area contributed by atoms with E-state index < -0.39 is 35.3 Å². The van der Waals surface area contributed by atoms with Crippen LogP contribution in [0.1, 0.15) is 64.3 Å². The predicted molar refractivity (Wildman–Crippen MR) is 110 cm³/mol. The minimum absolute atomic E-state index is 0.104. The van der Waals surface area contributed by atoms with Crippen LogP contribution in [0.25, 0.3) is 0 Å². The van der Waals surface area contributed by atoms with Crippen molar-refractivity contribution in [2.45, 2.75) is 45.9 Å². The second kappa shape index (κ2) is 8.10. The van der Waals surface area contributed by atoms with E-state index in [4.69, 9.17) is 4.74 Å². The van der Waals surface area contributed by atoms with E-state index in [-0.39, 0.29) is 23.2 Å². The van der Waals surface area contributed by atoms with E-state index >= 15 is 0 Å². The van der Waals surface area contributed by atoms with Gasteiger partial charge in [-0.1, -0.05) is 30.3 Å². The first kappa shape index (κ1) is 21.2. The van der Waals surface area contributed by atoms with E-state index in [9.17, 15) is 19.2 Å². The van der Waals surface area contributed by atoms with Crippen LogP contribution in [-0.2, 0) is 16.1 Å². The number of imide groups is 1. The van der Waals surface area contributed by atoms with E-state index in [1.807, 2.05) is 51.1 Å². The molecule has 3 amide bonds. The summed E-state index contributed by atoms with van der Waals surface area (Å²) >= 11 is 0. The molecule has 1 aliphatic rings. The van der Waals surface area contributed by atoms with Crippen molar-refractivity contribution in [1.29, 1.82) is 0 Å². The quantitative estimate of drug-likeness (QED) is 0.607. The molecule has 1 aliphatic heterocycles. The lowest BCUT2D eigenvalue weighted by molar-refractivity contribution is -0.130. The van der Waals surface area contributed by atoms with Crippen LogP contribution in [0, 0.1) is 0 Å². The molecule has 7 heteroatoms. The summed E-state index contributed by atoms with van der Waals surface area (Å²) in [6.07, 6.45) is -1.00. The van der Waals surface area contributed by atoms with Crippen LogP contribution in [0.5, 0.6) is 0 Å². The molecule has 2 aromatic rings. The van der Waals surface area contributed by atoms with Crippen LogP contribution < -0.4 is 5.32 Å². The molecule has 0 radical (unpaired) electrons. The summed E-state index contributed by atoms with van der Waals surface area (Å²) in [7, 11) is 0. The zero-order valence-corrected chi connectivity index (χ0v) is 17.4. The predicted octanol–water partition coefficient (Wildman–Crippen LogP) is 2.94. The Labute approximate surface area is 175 Å². The van der Waals surface area contributed by atoms with Crippen LogP contribution in [0.3, 0.4) is 0 Å². The summed E-state index contributed by atoms with van der Waals surface area (Å²) in [5.74, 6) is -2.03. The van der Waals surface area contributed by atoms with Gasteiger partial charge in [-0.15, -0.1) is 0 Å². The van der Waals surface area contributed by atoms with Crippen molar-refractivity contribution in [2.75, 3.05) is 0 Å². The Morgan fingerprint density at radius 1 is 1.00 bits per heavy atom. The minimum Gasteiger partial charge on any atom is -0.449 e. The fourth-order valence-electron chi connectivity index (χ4n) is 3.08. The van der Waals surface area contributed by atoms with Crippen molar-refractivity contribution in [3.05, 3.63) is 70.8 Å². The first-order valence-corrected chi connectivity index (χ1v) is 9.64. The van der Waals surface area contributed by atoms with Crippen molar-refractivity contribution in [3.63, 3.8) is 0 Å². The molecule has 3 rings (SSSR count). The lowest BCUT2D eigenvalue weighted by Gasteiger charge is -2.23. The van der Waals surface area contributed by atoms with Crippen LogP contribution in [0.2, 0.25) is 0 Å². The van der Waals surface area contributed by atoms with Gasteiger partial charge in [-0.2, -0.15) is 0 Å². The molecule has 0 bridgehead atoms. The number of nitrogens with one attached hydrogen (secondary N) is 1. The van der Waals surface area contributed by atoms with Gasteiger partial charge >= 0.3 is 5.97 Å². The van der Waals surface area contributed by atoms with Gasteiger partial charge in [0.2, 0.25) is 0 Å². The van der Waals surface area contributed by atoms with Gasteiger partial charge in [0.15, 0.2) is 6.10 Å². The van der Waals surface area contributed by atoms with E-state index in [0.717, 1.165) is 10.5 Å². The average Bonchev–Trinajstić information content (AvgIpc) is 2.92. The number of carbonyl (C=O) groups excluding carboxylic acids is 4. The van der Waals surface area contributed by atoms with Crippen molar-refractivity contribution in [1.82, 2.24) is 10.2 Å². The van der Waals surface area contributed by atoms with Crippen molar-refractivity contribution >= 4 is 23.7 Å². The summed E-state index contributed by atoms with van der Waals surface area (Å²) in [6.45, 7) is 7.09. The number of fused-ring (bicyclic) bond motifs is 1. The molecule has 0 aliphatic carbocycles. The van der Waals surface area contributed by atoms with Crippen molar-refractivity contribution in [3.8, 4) is 0 Å². The monoisotopic (exact) mass is 408 g/mol. The number of ether oxygens (including phenoxy) is 1. The maximum absolute atomic E-state index is 12.8. The Balaban J connectivity index is 1.74. The Hall–Kier alpha value is -3.48. The first-order valence-electron chi connectivity index (χ1n) is 9.64. The number of esters is 1. The molecule has 7 nitrogen and oxygen atoms in total. The van der Waals surface area contributed by atoms with Gasteiger partial charge in [-0.3, -0.25) is 19.3 Å². The Morgan fingerprint density at radius 2 is 1.63 bits per heavy atom. The number of nitrogens with zero attached hydrogens (tertiary/aromatic N) is 1. The zero-order valence-electron chi connectivity index (χ0n) is 17.4. The third-order valence-corrected chi connectivity index (χ3v) is 4.54. The number of hydrogen-bond acceptors (Lipinski definition) is 5. The molecule has 0 spiro atoms. The van der Waals surface area contributed by atoms with Crippen molar-refractivity contribution < 1.29 is 23.9 Å². The number of hydrogen-bond donors (Lipinski definition) is 1. The molecular weight excluding hydrogens is 384 g/mol. The first-order chi connectivity index (χ1) is 14.1. The number of benzene rings is 2. The Kier molecular flexibility index (Phi) is 5.73. The summed E-state index contributed by atoms with van der Waals surface area (Å²) in [4.78, 5) is 51.1. The second-order valence-corrected chi connectivity index (χ2v) is 8.23. The molecule has 0 saturated carbocycles. The Bertz CT molecular complexity index is 1010. The molecular formula is C23H24N2O5. The molecule has 0 unspecified atom stereocenters. The highest BCUT2D eigenvalue weighted by atomic mass is 16.5. The highest BCUT2D eigenvalue weighted by molar-refractivity contribution is 6.21. The average molecular weight is 408 g/mol. The molecule has 0 saturated heterocycles. The summed E-state index contributed by atoms with van der Waals surface area (Å²) in [5.41, 5.74) is 0.862. The van der Waals surface area contributed by atoms with Gasteiger partial charge in [-0.05, 0) is 51.5 Å². The summed E-state index contributed by atoms with van der Waals surface area (Å²) in [5, 5.41) is 2.74. The van der Waals surface area contributed by atoms with E-state index in [1.165, 1.54) is 25.1 Å². The van der Waals surface area contributed by atoms with Gasteiger partial charge in [0.05, 0.1) is 23.2 Å². The largest absolute Gasteiger partial charge is 0.449 e. The summed E-state index contributed by atoms with van der Waals surface area (Å²) < 4.78 is 5.23. The highest BCUT2D eigenvalue weighted by Gasteiger charge is 2.36. The highest BCUT2D eigenvalue weighted by Crippen LogP contribution is 2.26. The topological polar surface area (TPSA) is 92.8 Å². The maximum atomic E-state index is 12.8. The second-order valence-electron chi connectivity index (χ2n) is 8.23. The lowest BCUT2D eigenvalue weighted by atomic mass is 10.1. The van der Waals surface area contributed by atoms with Gasteiger partial charge < -0.3 is 10.1 Å². The van der Waals surface area contributed by atoms with Crippen LogP contribution >= 0.6 is 0 Å². The van der Waals surface area contributed by atoms with Gasteiger partial charge in [-0.25, -0.2) is 4.79 Å². The number of carbonyl (C=O) groups is 4. The SMILES string of the molecule is C[C@@H](OC(=O)c1ccc2c(c1)C(=O)N(Cc1ccccc1)C2=O)C(=O)NC(C)(C)C. The fraction of sp³-hybridized carbons (Fsp3) is 0.304.